The predicted molar refractivity (Wildman–Crippen MR) is 81.5 cm³/mol. The molecule has 1 heterocycles. The summed E-state index contributed by atoms with van der Waals surface area (Å²) in [5, 5.41) is 12.8. The van der Waals surface area contributed by atoms with Crippen LogP contribution in [0.15, 0.2) is 18.2 Å². The molecular weight excluding hydrogens is 287 g/mol. The zero-order valence-electron chi connectivity index (χ0n) is 13.0. The molecule has 0 saturated carbocycles. The van der Waals surface area contributed by atoms with Crippen molar-refractivity contribution in [2.75, 3.05) is 26.8 Å². The van der Waals surface area contributed by atoms with Gasteiger partial charge in [-0.05, 0) is 43.0 Å². The molecule has 5 nitrogen and oxygen atoms in total. The minimum atomic E-state index is -0.927. The number of likely N-dealkylation sites (tertiary alicyclic amines) is 1. The molecule has 0 spiro atoms. The van der Waals surface area contributed by atoms with Crippen molar-refractivity contribution in [2.24, 2.45) is 0 Å². The number of methoxy groups -OCH3 is 1. The van der Waals surface area contributed by atoms with Crippen molar-refractivity contribution in [2.45, 2.75) is 31.8 Å². The van der Waals surface area contributed by atoms with Crippen molar-refractivity contribution in [3.05, 3.63) is 35.1 Å². The van der Waals surface area contributed by atoms with Gasteiger partial charge >= 0.3 is 6.09 Å². The summed E-state index contributed by atoms with van der Waals surface area (Å²) in [7, 11) is 1.65. The molecule has 1 aromatic rings. The van der Waals surface area contributed by atoms with E-state index in [1.165, 1.54) is 17.0 Å². The minimum absolute atomic E-state index is 0.236. The first-order valence-electron chi connectivity index (χ1n) is 7.51. The van der Waals surface area contributed by atoms with Crippen LogP contribution in [-0.2, 0) is 4.74 Å². The number of benzene rings is 1. The number of carboxylic acid groups (broad SMARTS) is 1. The lowest BCUT2D eigenvalue weighted by Crippen LogP contribution is -2.47. The summed E-state index contributed by atoms with van der Waals surface area (Å²) in [5.74, 6) is -0.297. The van der Waals surface area contributed by atoms with Crippen LogP contribution in [0.1, 0.15) is 30.0 Å². The molecule has 0 aliphatic carbocycles. The number of piperidine rings is 1. The summed E-state index contributed by atoms with van der Waals surface area (Å²) < 4.78 is 18.3. The Morgan fingerprint density at radius 2 is 2.32 bits per heavy atom. The lowest BCUT2D eigenvalue weighted by atomic mass is 9.89. The third-order valence-corrected chi connectivity index (χ3v) is 4.18. The first-order chi connectivity index (χ1) is 10.5. The molecular formula is C16H23FN2O3. The zero-order chi connectivity index (χ0) is 16.1. The highest BCUT2D eigenvalue weighted by molar-refractivity contribution is 5.66. The Morgan fingerprint density at radius 3 is 2.95 bits per heavy atom. The second-order valence-electron chi connectivity index (χ2n) is 5.66. The largest absolute Gasteiger partial charge is 0.465 e. The maximum absolute atomic E-state index is 13.3. The molecule has 0 aromatic heterocycles. The lowest BCUT2D eigenvalue weighted by Gasteiger charge is -2.39. The second-order valence-corrected chi connectivity index (χ2v) is 5.66. The molecule has 1 aliphatic rings. The van der Waals surface area contributed by atoms with Crippen LogP contribution < -0.4 is 5.32 Å². The Kier molecular flexibility index (Phi) is 5.74. The van der Waals surface area contributed by atoms with E-state index in [0.29, 0.717) is 19.6 Å². The summed E-state index contributed by atoms with van der Waals surface area (Å²) in [6.45, 7) is 3.66. The van der Waals surface area contributed by atoms with Crippen LogP contribution in [0.5, 0.6) is 0 Å². The van der Waals surface area contributed by atoms with Crippen LogP contribution in [0.3, 0.4) is 0 Å². The smallest absolute Gasteiger partial charge is 0.407 e. The van der Waals surface area contributed by atoms with Crippen molar-refractivity contribution in [1.82, 2.24) is 10.2 Å². The van der Waals surface area contributed by atoms with Gasteiger partial charge in [0.1, 0.15) is 5.82 Å². The van der Waals surface area contributed by atoms with Crippen molar-refractivity contribution in [1.29, 1.82) is 0 Å². The molecule has 1 saturated heterocycles. The van der Waals surface area contributed by atoms with Crippen LogP contribution in [0, 0.1) is 12.7 Å². The average molecular weight is 310 g/mol. The van der Waals surface area contributed by atoms with E-state index in [1.54, 1.807) is 13.2 Å². The van der Waals surface area contributed by atoms with Crippen molar-refractivity contribution in [3.63, 3.8) is 0 Å². The average Bonchev–Trinajstić information content (AvgIpc) is 2.47. The van der Waals surface area contributed by atoms with Gasteiger partial charge in [-0.2, -0.15) is 0 Å². The van der Waals surface area contributed by atoms with Crippen molar-refractivity contribution >= 4 is 6.09 Å². The van der Waals surface area contributed by atoms with Gasteiger partial charge in [0.25, 0.3) is 0 Å². The predicted octanol–water partition coefficient (Wildman–Crippen LogP) is 2.55. The van der Waals surface area contributed by atoms with E-state index in [0.717, 1.165) is 24.1 Å². The first-order valence-corrected chi connectivity index (χ1v) is 7.51. The van der Waals surface area contributed by atoms with Gasteiger partial charge in [-0.15, -0.1) is 0 Å². The SMILES string of the molecule is COCCNC1CCN(C(=O)O)C(c2ccc(F)cc2C)C1. The Morgan fingerprint density at radius 1 is 1.55 bits per heavy atom. The molecule has 2 rings (SSSR count). The highest BCUT2D eigenvalue weighted by Crippen LogP contribution is 2.33. The first kappa shape index (κ1) is 16.7. The summed E-state index contributed by atoms with van der Waals surface area (Å²) in [6.07, 6.45) is 0.527. The van der Waals surface area contributed by atoms with E-state index < -0.39 is 6.09 Å². The van der Waals surface area contributed by atoms with E-state index in [9.17, 15) is 14.3 Å². The molecule has 1 aromatic carbocycles. The Bertz CT molecular complexity index is 524. The molecule has 0 radical (unpaired) electrons. The number of carbonyl (C=O) groups is 1. The highest BCUT2D eigenvalue weighted by Gasteiger charge is 2.33. The normalized spacial score (nSPS) is 21.9. The fourth-order valence-electron chi connectivity index (χ4n) is 3.05. The third kappa shape index (κ3) is 3.96. The fraction of sp³-hybridized carbons (Fsp3) is 0.562. The van der Waals surface area contributed by atoms with Crippen molar-refractivity contribution < 1.29 is 19.0 Å². The second kappa shape index (κ2) is 7.56. The maximum Gasteiger partial charge on any atom is 0.407 e. The quantitative estimate of drug-likeness (QED) is 0.821. The molecule has 1 aliphatic heterocycles. The molecule has 0 bridgehead atoms. The number of ether oxygens (including phenoxy) is 1. The van der Waals surface area contributed by atoms with Crippen LogP contribution in [0.25, 0.3) is 0 Å². The van der Waals surface area contributed by atoms with Crippen molar-refractivity contribution in [3.8, 4) is 0 Å². The van der Waals surface area contributed by atoms with Gasteiger partial charge in [-0.25, -0.2) is 9.18 Å². The number of rotatable bonds is 5. The molecule has 2 atom stereocenters. The highest BCUT2D eigenvalue weighted by atomic mass is 19.1. The number of aryl methyl sites for hydroxylation is 1. The monoisotopic (exact) mass is 310 g/mol. The molecule has 6 heteroatoms. The van der Waals surface area contributed by atoms with Gasteiger partial charge in [0, 0.05) is 26.2 Å². The number of hydrogen-bond donors (Lipinski definition) is 2. The van der Waals surface area contributed by atoms with Crippen LogP contribution in [-0.4, -0.2) is 48.9 Å². The van der Waals surface area contributed by atoms with E-state index in [-0.39, 0.29) is 17.9 Å². The summed E-state index contributed by atoms with van der Waals surface area (Å²) in [5.41, 5.74) is 1.66. The number of nitrogens with zero attached hydrogens (tertiary/aromatic N) is 1. The third-order valence-electron chi connectivity index (χ3n) is 4.18. The van der Waals surface area contributed by atoms with E-state index in [2.05, 4.69) is 5.32 Å². The maximum atomic E-state index is 13.3. The van der Waals surface area contributed by atoms with E-state index in [1.807, 2.05) is 6.92 Å². The summed E-state index contributed by atoms with van der Waals surface area (Å²) in [6, 6.07) is 4.54. The fourth-order valence-corrected chi connectivity index (χ4v) is 3.05. The van der Waals surface area contributed by atoms with Gasteiger partial charge in [-0.3, -0.25) is 0 Å². The minimum Gasteiger partial charge on any atom is -0.465 e. The van der Waals surface area contributed by atoms with Gasteiger partial charge in [-0.1, -0.05) is 6.07 Å². The van der Waals surface area contributed by atoms with Gasteiger partial charge in [0.2, 0.25) is 0 Å². The molecule has 2 N–H and O–H groups in total. The summed E-state index contributed by atoms with van der Waals surface area (Å²) in [4.78, 5) is 12.9. The van der Waals surface area contributed by atoms with E-state index in [4.69, 9.17) is 4.74 Å². The van der Waals surface area contributed by atoms with Gasteiger partial charge in [0.15, 0.2) is 0 Å². The zero-order valence-corrected chi connectivity index (χ0v) is 13.0. The molecule has 22 heavy (non-hydrogen) atoms. The number of amides is 1. The van der Waals surface area contributed by atoms with E-state index >= 15 is 0 Å². The lowest BCUT2D eigenvalue weighted by molar-refractivity contribution is 0.0942. The number of nitrogens with one attached hydrogen (secondary N) is 1. The Balaban J connectivity index is 2.16. The molecule has 1 amide bonds. The Hall–Kier alpha value is -1.66. The van der Waals surface area contributed by atoms with Crippen LogP contribution >= 0.6 is 0 Å². The number of halogens is 1. The number of hydrogen-bond acceptors (Lipinski definition) is 3. The molecule has 1 fully saturated rings. The summed E-state index contributed by atoms with van der Waals surface area (Å²) >= 11 is 0. The van der Waals surface area contributed by atoms with Crippen LogP contribution in [0.2, 0.25) is 0 Å². The van der Waals surface area contributed by atoms with Gasteiger partial charge in [0.05, 0.1) is 12.6 Å². The van der Waals surface area contributed by atoms with Gasteiger partial charge < -0.3 is 20.1 Å². The van der Waals surface area contributed by atoms with Crippen LogP contribution in [0.4, 0.5) is 9.18 Å². The topological polar surface area (TPSA) is 61.8 Å². The molecule has 122 valence electrons. The Labute approximate surface area is 130 Å². The molecule has 2 unspecified atom stereocenters. The standard InChI is InChI=1S/C16H23FN2O3/c1-11-9-12(17)3-4-14(11)15-10-13(18-6-8-22-2)5-7-19(15)16(20)21/h3-4,9,13,15,18H,5-8,10H2,1-2H3,(H,20,21).